The number of hydrogen-bond donors (Lipinski definition) is 2. The van der Waals surface area contributed by atoms with Crippen molar-refractivity contribution in [2.24, 2.45) is 7.05 Å². The van der Waals surface area contributed by atoms with Gasteiger partial charge in [-0.3, -0.25) is 28.6 Å². The maximum absolute atomic E-state index is 13.4. The van der Waals surface area contributed by atoms with Gasteiger partial charge in [0.2, 0.25) is 15.9 Å². The highest BCUT2D eigenvalue weighted by Crippen LogP contribution is 2.33. The summed E-state index contributed by atoms with van der Waals surface area (Å²) < 4.78 is 30.8. The minimum absolute atomic E-state index is 0.0649. The molecule has 5 heterocycles. The van der Waals surface area contributed by atoms with Gasteiger partial charge in [-0.15, -0.1) is 0 Å². The number of amides is 3. The summed E-state index contributed by atoms with van der Waals surface area (Å²) in [5.74, 6) is -1.44. The summed E-state index contributed by atoms with van der Waals surface area (Å²) in [7, 11) is -1.68. The monoisotopic (exact) mass is 592 g/mol. The molecular formula is C28H32N8O5S. The summed E-state index contributed by atoms with van der Waals surface area (Å²) in [4.78, 5) is 40.1. The van der Waals surface area contributed by atoms with Crippen LogP contribution in [0.25, 0.3) is 0 Å². The normalized spacial score (nSPS) is 20.2. The van der Waals surface area contributed by atoms with Crippen LogP contribution < -0.4 is 10.6 Å². The van der Waals surface area contributed by atoms with E-state index in [-0.39, 0.29) is 22.9 Å². The predicted molar refractivity (Wildman–Crippen MR) is 152 cm³/mol. The van der Waals surface area contributed by atoms with Crippen molar-refractivity contribution in [3.8, 4) is 0 Å². The predicted octanol–water partition coefficient (Wildman–Crippen LogP) is 1.78. The molecule has 3 aromatic rings. The van der Waals surface area contributed by atoms with Crippen LogP contribution in [-0.4, -0.2) is 74.0 Å². The van der Waals surface area contributed by atoms with Crippen molar-refractivity contribution in [2.45, 2.75) is 50.1 Å². The molecule has 0 bridgehead atoms. The highest BCUT2D eigenvalue weighted by Gasteiger charge is 2.45. The van der Waals surface area contributed by atoms with E-state index in [1.165, 1.54) is 4.31 Å². The van der Waals surface area contributed by atoms with Gasteiger partial charge in [-0.25, -0.2) is 12.7 Å². The van der Waals surface area contributed by atoms with Gasteiger partial charge < -0.3 is 10.6 Å². The smallest absolute Gasteiger partial charge is 0.264 e. The Kier molecular flexibility index (Phi) is 7.19. The molecule has 220 valence electrons. The fourth-order valence-electron chi connectivity index (χ4n) is 5.84. The van der Waals surface area contributed by atoms with Crippen molar-refractivity contribution in [2.75, 3.05) is 18.4 Å². The molecule has 0 aliphatic carbocycles. The highest BCUT2D eigenvalue weighted by atomic mass is 32.2. The Labute approximate surface area is 243 Å². The molecule has 0 spiro atoms. The first kappa shape index (κ1) is 27.8. The highest BCUT2D eigenvalue weighted by molar-refractivity contribution is 7.88. The average molecular weight is 593 g/mol. The minimum Gasteiger partial charge on any atom is -0.380 e. The van der Waals surface area contributed by atoms with Crippen molar-refractivity contribution >= 4 is 33.4 Å². The Bertz CT molecular complexity index is 1680. The molecule has 42 heavy (non-hydrogen) atoms. The molecule has 3 aliphatic rings. The number of aryl methyl sites for hydroxylation is 1. The van der Waals surface area contributed by atoms with Crippen LogP contribution in [0.1, 0.15) is 63.6 Å². The Hall–Kier alpha value is -4.30. The third-order valence-corrected chi connectivity index (χ3v) is 9.87. The molecule has 2 N–H and O–H groups in total. The molecule has 6 rings (SSSR count). The van der Waals surface area contributed by atoms with Crippen molar-refractivity contribution in [1.82, 2.24) is 34.1 Å². The molecular weight excluding hydrogens is 560 g/mol. The Morgan fingerprint density at radius 3 is 2.50 bits per heavy atom. The maximum Gasteiger partial charge on any atom is 0.264 e. The van der Waals surface area contributed by atoms with Crippen molar-refractivity contribution in [1.29, 1.82) is 0 Å². The maximum atomic E-state index is 13.4. The van der Waals surface area contributed by atoms with Crippen LogP contribution in [0.5, 0.6) is 0 Å². The lowest BCUT2D eigenvalue weighted by Gasteiger charge is -2.31. The average Bonchev–Trinajstić information content (AvgIpc) is 3.66. The van der Waals surface area contributed by atoms with Gasteiger partial charge >= 0.3 is 0 Å². The molecule has 1 unspecified atom stereocenters. The lowest BCUT2D eigenvalue weighted by atomic mass is 10.0. The number of sulfonamides is 1. The van der Waals surface area contributed by atoms with E-state index in [9.17, 15) is 22.8 Å². The van der Waals surface area contributed by atoms with Crippen LogP contribution in [0.3, 0.4) is 0 Å². The second kappa shape index (κ2) is 10.8. The minimum atomic E-state index is -3.43. The molecule has 14 heteroatoms. The second-order valence-corrected chi connectivity index (χ2v) is 12.9. The third-order valence-electron chi connectivity index (χ3n) is 8.02. The zero-order valence-corrected chi connectivity index (χ0v) is 24.0. The van der Waals surface area contributed by atoms with E-state index < -0.39 is 33.8 Å². The molecule has 2 fully saturated rings. The Morgan fingerprint density at radius 1 is 1.02 bits per heavy atom. The molecule has 1 aromatic carbocycles. The number of anilines is 1. The number of fused-ring (bicyclic) bond motifs is 1. The summed E-state index contributed by atoms with van der Waals surface area (Å²) in [5.41, 5.74) is 3.14. The first-order valence-corrected chi connectivity index (χ1v) is 15.4. The van der Waals surface area contributed by atoms with Crippen LogP contribution in [0.2, 0.25) is 0 Å². The number of carbonyl (C=O) groups excluding carboxylic acids is 3. The Morgan fingerprint density at radius 2 is 1.79 bits per heavy atom. The molecule has 0 radical (unpaired) electrons. The first-order valence-electron chi connectivity index (χ1n) is 13.8. The summed E-state index contributed by atoms with van der Waals surface area (Å²) in [6, 6.07) is 4.24. The zero-order chi connectivity index (χ0) is 29.6. The van der Waals surface area contributed by atoms with Crippen LogP contribution in [0.4, 0.5) is 5.69 Å². The van der Waals surface area contributed by atoms with E-state index >= 15 is 0 Å². The molecule has 2 saturated heterocycles. The fourth-order valence-corrected chi connectivity index (χ4v) is 7.36. The Balaban J connectivity index is 1.08. The number of imide groups is 1. The van der Waals surface area contributed by atoms with Crippen LogP contribution in [0, 0.1) is 0 Å². The summed E-state index contributed by atoms with van der Waals surface area (Å²) >= 11 is 0. The zero-order valence-electron chi connectivity index (χ0n) is 23.2. The lowest BCUT2D eigenvalue weighted by Crippen LogP contribution is -2.51. The number of nitrogens with zero attached hydrogens (tertiary/aromatic N) is 6. The largest absolute Gasteiger partial charge is 0.380 e. The number of nitrogens with one attached hydrogen (secondary N) is 2. The number of hydrogen-bond acceptors (Lipinski definition) is 8. The molecule has 13 nitrogen and oxygen atoms in total. The SMILES string of the molecule is C=C1CCC(N2C(=O)c3cccc(NCc4cnn(C5CCN(S(=O)(=O)Cc6cnn(C)c6)CC5)c4)c3C2=O)C(=O)N1. The fraction of sp³-hybridized carbons (Fsp3) is 0.393. The summed E-state index contributed by atoms with van der Waals surface area (Å²) in [6.45, 7) is 4.95. The third kappa shape index (κ3) is 5.23. The van der Waals surface area contributed by atoms with Crippen molar-refractivity contribution in [3.05, 3.63) is 77.5 Å². The van der Waals surface area contributed by atoms with Gasteiger partial charge in [0, 0.05) is 61.6 Å². The van der Waals surface area contributed by atoms with Crippen LogP contribution >= 0.6 is 0 Å². The van der Waals surface area contributed by atoms with Crippen LogP contribution in [-0.2, 0) is 34.2 Å². The molecule has 3 aliphatic heterocycles. The molecule has 2 aromatic heterocycles. The topological polar surface area (TPSA) is 152 Å². The van der Waals surface area contributed by atoms with Gasteiger partial charge in [-0.2, -0.15) is 10.2 Å². The van der Waals surface area contributed by atoms with Gasteiger partial charge in [0.15, 0.2) is 0 Å². The van der Waals surface area contributed by atoms with Gasteiger partial charge in [-0.1, -0.05) is 12.6 Å². The number of carbonyl (C=O) groups is 3. The van der Waals surface area contributed by atoms with Crippen LogP contribution in [0.15, 0.2) is 55.3 Å². The summed E-state index contributed by atoms with van der Waals surface area (Å²) in [6.07, 6.45) is 9.06. The number of benzene rings is 1. The second-order valence-electron chi connectivity index (χ2n) is 10.9. The van der Waals surface area contributed by atoms with E-state index in [0.717, 1.165) is 10.5 Å². The van der Waals surface area contributed by atoms with Crippen molar-refractivity contribution < 1.29 is 22.8 Å². The summed E-state index contributed by atoms with van der Waals surface area (Å²) in [5, 5.41) is 14.5. The standard InChI is InChI=1S/C28H32N8O5S/c1-18-6-7-24(26(37)32-18)36-27(38)22-4-3-5-23(25(22)28(36)39)29-12-19-13-31-35(16-19)21-8-10-34(11-9-21)42(40,41)17-20-14-30-33(2)15-20/h3-5,13-16,21,24,29H,1,6-12,17H2,2H3,(H,32,37). The van der Waals surface area contributed by atoms with Gasteiger partial charge in [-0.05, 0) is 37.8 Å². The van der Waals surface area contributed by atoms with E-state index in [2.05, 4.69) is 27.4 Å². The van der Waals surface area contributed by atoms with E-state index in [1.54, 1.807) is 48.5 Å². The van der Waals surface area contributed by atoms with Crippen molar-refractivity contribution in [3.63, 3.8) is 0 Å². The number of piperidine rings is 2. The molecule has 0 saturated carbocycles. The lowest BCUT2D eigenvalue weighted by molar-refractivity contribution is -0.125. The van der Waals surface area contributed by atoms with Gasteiger partial charge in [0.05, 0.1) is 35.3 Å². The van der Waals surface area contributed by atoms with E-state index in [4.69, 9.17) is 0 Å². The van der Waals surface area contributed by atoms with Gasteiger partial charge in [0.25, 0.3) is 11.8 Å². The quantitative estimate of drug-likeness (QED) is 0.376. The molecule has 1 atom stereocenters. The first-order chi connectivity index (χ1) is 20.1. The van der Waals surface area contributed by atoms with Gasteiger partial charge in [0.1, 0.15) is 6.04 Å². The number of aromatic nitrogens is 4. The number of rotatable bonds is 8. The number of allylic oxidation sites excluding steroid dienone is 1. The van der Waals surface area contributed by atoms with E-state index in [0.29, 0.717) is 62.3 Å². The van der Waals surface area contributed by atoms with E-state index in [1.807, 2.05) is 10.9 Å². The molecule has 3 amide bonds.